The van der Waals surface area contributed by atoms with Gasteiger partial charge in [-0.3, -0.25) is 0 Å². The monoisotopic (exact) mass is 384 g/mol. The third-order valence-electron chi connectivity index (χ3n) is 4.19. The summed E-state index contributed by atoms with van der Waals surface area (Å²) in [6.45, 7) is 5.01. The van der Waals surface area contributed by atoms with Gasteiger partial charge in [-0.1, -0.05) is 24.3 Å². The second-order valence-corrected chi connectivity index (χ2v) is 6.78. The maximum absolute atomic E-state index is 5.47. The van der Waals surface area contributed by atoms with Crippen LogP contribution in [0, 0.1) is 0 Å². The Hall–Kier alpha value is -2.73. The van der Waals surface area contributed by atoms with E-state index in [1.807, 2.05) is 18.2 Å². The minimum Gasteiger partial charge on any atom is -0.497 e. The third-order valence-corrected chi connectivity index (χ3v) is 4.19. The van der Waals surface area contributed by atoms with Crippen molar-refractivity contribution in [1.82, 2.24) is 15.5 Å². The Bertz CT molecular complexity index is 775. The van der Waals surface area contributed by atoms with Gasteiger partial charge in [0.15, 0.2) is 5.96 Å². The van der Waals surface area contributed by atoms with Gasteiger partial charge in [-0.05, 0) is 44.3 Å². The summed E-state index contributed by atoms with van der Waals surface area (Å²) in [5.41, 5.74) is 3.53. The maximum atomic E-state index is 5.47. The van der Waals surface area contributed by atoms with Crippen molar-refractivity contribution >= 4 is 5.96 Å². The Morgan fingerprint density at radius 2 is 1.79 bits per heavy atom. The fourth-order valence-corrected chi connectivity index (χ4v) is 2.88. The van der Waals surface area contributed by atoms with Crippen LogP contribution in [0.5, 0.6) is 11.5 Å². The van der Waals surface area contributed by atoms with Gasteiger partial charge in [-0.25, -0.2) is 4.99 Å². The van der Waals surface area contributed by atoms with Gasteiger partial charge in [-0.15, -0.1) is 0 Å². The maximum Gasteiger partial charge on any atom is 0.191 e. The molecule has 0 saturated heterocycles. The van der Waals surface area contributed by atoms with Crippen LogP contribution in [0.2, 0.25) is 0 Å². The van der Waals surface area contributed by atoms with E-state index in [-0.39, 0.29) is 0 Å². The zero-order chi connectivity index (χ0) is 20.4. The van der Waals surface area contributed by atoms with Gasteiger partial charge < -0.3 is 25.0 Å². The Morgan fingerprint density at radius 1 is 1.00 bits per heavy atom. The van der Waals surface area contributed by atoms with Crippen LogP contribution in [0.15, 0.2) is 47.5 Å². The minimum absolute atomic E-state index is 0.611. The van der Waals surface area contributed by atoms with E-state index in [0.717, 1.165) is 36.1 Å². The molecule has 0 aromatic heterocycles. The first-order valence-electron chi connectivity index (χ1n) is 9.51. The van der Waals surface area contributed by atoms with Crippen LogP contribution < -0.4 is 20.1 Å². The highest BCUT2D eigenvalue weighted by Gasteiger charge is 2.06. The largest absolute Gasteiger partial charge is 0.497 e. The molecule has 0 amide bonds. The zero-order valence-electron chi connectivity index (χ0n) is 17.6. The molecule has 152 valence electrons. The van der Waals surface area contributed by atoms with Gasteiger partial charge in [-0.2, -0.15) is 0 Å². The molecule has 0 radical (unpaired) electrons. The lowest BCUT2D eigenvalue weighted by atomic mass is 10.1. The van der Waals surface area contributed by atoms with Gasteiger partial charge in [0, 0.05) is 31.3 Å². The molecule has 2 N–H and O–H groups in total. The smallest absolute Gasteiger partial charge is 0.191 e. The molecule has 2 rings (SSSR count). The predicted octanol–water partition coefficient (Wildman–Crippen LogP) is 3.02. The van der Waals surface area contributed by atoms with Crippen LogP contribution in [-0.4, -0.2) is 45.7 Å². The normalized spacial score (nSPS) is 11.4. The fourth-order valence-electron chi connectivity index (χ4n) is 2.88. The van der Waals surface area contributed by atoms with Crippen LogP contribution in [0.1, 0.15) is 23.6 Å². The summed E-state index contributed by atoms with van der Waals surface area (Å²) in [6.07, 6.45) is 0. The molecule has 0 atom stereocenters. The molecule has 6 heteroatoms. The third kappa shape index (κ3) is 6.78. The first-order valence-corrected chi connectivity index (χ1v) is 9.51. The number of nitrogens with one attached hydrogen (secondary N) is 2. The van der Waals surface area contributed by atoms with Crippen molar-refractivity contribution in [3.63, 3.8) is 0 Å². The lowest BCUT2D eigenvalue weighted by Gasteiger charge is -2.14. The van der Waals surface area contributed by atoms with E-state index >= 15 is 0 Å². The van der Waals surface area contributed by atoms with Crippen molar-refractivity contribution in [2.45, 2.75) is 26.6 Å². The number of ether oxygens (including phenoxy) is 2. The molecule has 0 aliphatic heterocycles. The van der Waals surface area contributed by atoms with Crippen molar-refractivity contribution < 1.29 is 9.47 Å². The molecule has 28 heavy (non-hydrogen) atoms. The second-order valence-electron chi connectivity index (χ2n) is 6.78. The number of hydrogen-bond acceptors (Lipinski definition) is 4. The van der Waals surface area contributed by atoms with Crippen LogP contribution in [0.4, 0.5) is 0 Å². The van der Waals surface area contributed by atoms with E-state index in [2.05, 4.69) is 60.8 Å². The molecule has 0 fully saturated rings. The van der Waals surface area contributed by atoms with Gasteiger partial charge in [0.05, 0.1) is 20.8 Å². The Morgan fingerprint density at radius 3 is 2.46 bits per heavy atom. The molecule has 2 aromatic carbocycles. The molecular formula is C22H32N4O2. The SMILES string of the molecule is CCNC(=NCc1cccc(CN(C)C)c1)NCc1ccc(OC)cc1OC. The van der Waals surface area contributed by atoms with E-state index < -0.39 is 0 Å². The average molecular weight is 385 g/mol. The lowest BCUT2D eigenvalue weighted by molar-refractivity contribution is 0.390. The Kier molecular flexibility index (Phi) is 8.62. The number of hydrogen-bond donors (Lipinski definition) is 2. The lowest BCUT2D eigenvalue weighted by Crippen LogP contribution is -2.36. The first-order chi connectivity index (χ1) is 13.5. The van der Waals surface area contributed by atoms with E-state index in [9.17, 15) is 0 Å². The number of rotatable bonds is 9. The molecule has 2 aromatic rings. The highest BCUT2D eigenvalue weighted by Crippen LogP contribution is 2.24. The standard InChI is InChI=1S/C22H32N4O2/c1-6-23-22(24-14-17-8-7-9-18(12-17)16-26(2)3)25-15-19-10-11-20(27-4)13-21(19)28-5/h7-13H,6,14-16H2,1-5H3,(H2,23,24,25). The van der Waals surface area contributed by atoms with E-state index in [0.29, 0.717) is 13.1 Å². The summed E-state index contributed by atoms with van der Waals surface area (Å²) in [6, 6.07) is 14.4. The summed E-state index contributed by atoms with van der Waals surface area (Å²) >= 11 is 0. The number of methoxy groups -OCH3 is 2. The van der Waals surface area contributed by atoms with Crippen LogP contribution in [0.3, 0.4) is 0 Å². The van der Waals surface area contributed by atoms with Crippen LogP contribution in [0.25, 0.3) is 0 Å². The summed E-state index contributed by atoms with van der Waals surface area (Å²) in [5.74, 6) is 2.34. The number of nitrogens with zero attached hydrogens (tertiary/aromatic N) is 2. The molecule has 0 bridgehead atoms. The van der Waals surface area contributed by atoms with Gasteiger partial charge in [0.2, 0.25) is 0 Å². The molecule has 6 nitrogen and oxygen atoms in total. The van der Waals surface area contributed by atoms with Crippen molar-refractivity contribution in [2.75, 3.05) is 34.9 Å². The van der Waals surface area contributed by atoms with E-state index in [1.165, 1.54) is 11.1 Å². The van der Waals surface area contributed by atoms with Crippen molar-refractivity contribution in [2.24, 2.45) is 4.99 Å². The van der Waals surface area contributed by atoms with Crippen molar-refractivity contribution in [3.05, 3.63) is 59.2 Å². The van der Waals surface area contributed by atoms with E-state index in [1.54, 1.807) is 14.2 Å². The average Bonchev–Trinajstić information content (AvgIpc) is 2.69. The number of benzene rings is 2. The predicted molar refractivity (Wildman–Crippen MR) is 115 cm³/mol. The number of guanidine groups is 1. The molecule has 0 saturated carbocycles. The van der Waals surface area contributed by atoms with Crippen LogP contribution in [-0.2, 0) is 19.6 Å². The quantitative estimate of drug-likeness (QED) is 0.514. The van der Waals surface area contributed by atoms with Gasteiger partial charge >= 0.3 is 0 Å². The fraction of sp³-hybridized carbons (Fsp3) is 0.409. The molecule has 0 aliphatic rings. The summed E-state index contributed by atoms with van der Waals surface area (Å²) < 4.78 is 10.7. The first kappa shape index (κ1) is 21.6. The summed E-state index contributed by atoms with van der Waals surface area (Å²) in [5, 5.41) is 6.67. The summed E-state index contributed by atoms with van der Waals surface area (Å²) in [7, 11) is 7.46. The number of aliphatic imine (C=N–C) groups is 1. The van der Waals surface area contributed by atoms with Crippen molar-refractivity contribution in [1.29, 1.82) is 0 Å². The Balaban J connectivity index is 2.05. The highest BCUT2D eigenvalue weighted by molar-refractivity contribution is 5.79. The zero-order valence-corrected chi connectivity index (χ0v) is 17.6. The minimum atomic E-state index is 0.611. The molecule has 0 unspecified atom stereocenters. The molecule has 0 heterocycles. The van der Waals surface area contributed by atoms with Crippen LogP contribution >= 0.6 is 0 Å². The topological polar surface area (TPSA) is 58.1 Å². The highest BCUT2D eigenvalue weighted by atomic mass is 16.5. The van der Waals surface area contributed by atoms with E-state index in [4.69, 9.17) is 14.5 Å². The second kappa shape index (κ2) is 11.2. The van der Waals surface area contributed by atoms with Gasteiger partial charge in [0.1, 0.15) is 11.5 Å². The van der Waals surface area contributed by atoms with Gasteiger partial charge in [0.25, 0.3) is 0 Å². The molecular weight excluding hydrogens is 352 g/mol. The molecule has 0 spiro atoms. The van der Waals surface area contributed by atoms with Crippen molar-refractivity contribution in [3.8, 4) is 11.5 Å². The molecule has 0 aliphatic carbocycles. The Labute approximate surface area is 168 Å². The summed E-state index contributed by atoms with van der Waals surface area (Å²) in [4.78, 5) is 6.89.